The van der Waals surface area contributed by atoms with Gasteiger partial charge in [0.1, 0.15) is 5.60 Å². The van der Waals surface area contributed by atoms with Gasteiger partial charge in [0.2, 0.25) is 0 Å². The summed E-state index contributed by atoms with van der Waals surface area (Å²) in [4.78, 5) is 17.0. The Hall–Kier alpha value is -1.71. The molecule has 0 aromatic heterocycles. The lowest BCUT2D eigenvalue weighted by Crippen LogP contribution is -2.48. The topological polar surface area (TPSA) is 32.8 Å². The van der Waals surface area contributed by atoms with Gasteiger partial charge in [0, 0.05) is 30.9 Å². The maximum atomic E-state index is 12.5. The summed E-state index contributed by atoms with van der Waals surface area (Å²) in [7, 11) is 0. The fourth-order valence-corrected chi connectivity index (χ4v) is 4.32. The number of aryl methyl sites for hydroxylation is 1. The fourth-order valence-electron chi connectivity index (χ4n) is 4.32. The SMILES string of the molecule is CCCN1c2cc3c(cc2CCC1(C)C)CCN(C(=O)OC(C)(C)C)CC3. The second kappa shape index (κ2) is 7.37. The molecule has 0 bridgehead atoms. The van der Waals surface area contributed by atoms with Crippen LogP contribution in [0.1, 0.15) is 71.1 Å². The van der Waals surface area contributed by atoms with E-state index in [1.165, 1.54) is 28.8 Å². The van der Waals surface area contributed by atoms with Gasteiger partial charge in [-0.3, -0.25) is 0 Å². The molecule has 2 aliphatic rings. The molecule has 0 unspecified atom stereocenters. The zero-order valence-corrected chi connectivity index (χ0v) is 18.0. The Bertz CT molecular complexity index is 703. The number of hydrogen-bond donors (Lipinski definition) is 0. The van der Waals surface area contributed by atoms with Crippen LogP contribution in [-0.4, -0.2) is 41.8 Å². The van der Waals surface area contributed by atoms with E-state index in [4.69, 9.17) is 4.74 Å². The smallest absolute Gasteiger partial charge is 0.410 e. The summed E-state index contributed by atoms with van der Waals surface area (Å²) < 4.78 is 5.59. The number of fused-ring (bicyclic) bond motifs is 2. The zero-order valence-electron chi connectivity index (χ0n) is 18.0. The van der Waals surface area contributed by atoms with Crippen molar-refractivity contribution in [2.24, 2.45) is 0 Å². The first-order valence-electron chi connectivity index (χ1n) is 10.5. The lowest BCUT2D eigenvalue weighted by Gasteiger charge is -2.45. The van der Waals surface area contributed by atoms with Crippen molar-refractivity contribution in [1.29, 1.82) is 0 Å². The molecule has 2 aliphatic heterocycles. The van der Waals surface area contributed by atoms with E-state index in [0.29, 0.717) is 0 Å². The predicted octanol–water partition coefficient (Wildman–Crippen LogP) is 4.96. The number of nitrogens with zero attached hydrogens (tertiary/aromatic N) is 2. The summed E-state index contributed by atoms with van der Waals surface area (Å²) in [6.07, 6.45) is 5.14. The van der Waals surface area contributed by atoms with Gasteiger partial charge in [-0.25, -0.2) is 4.79 Å². The van der Waals surface area contributed by atoms with Crippen molar-refractivity contribution >= 4 is 11.8 Å². The Morgan fingerprint density at radius 1 is 1.07 bits per heavy atom. The third-order valence-corrected chi connectivity index (χ3v) is 5.83. The molecule has 1 aromatic carbocycles. The summed E-state index contributed by atoms with van der Waals surface area (Å²) >= 11 is 0. The summed E-state index contributed by atoms with van der Waals surface area (Å²) in [6, 6.07) is 4.83. The van der Waals surface area contributed by atoms with Gasteiger partial charge in [-0.2, -0.15) is 0 Å². The highest BCUT2D eigenvalue weighted by Gasteiger charge is 2.33. The molecule has 0 N–H and O–H groups in total. The average Bonchev–Trinajstić information content (AvgIpc) is 2.77. The van der Waals surface area contributed by atoms with Crippen LogP contribution in [0.2, 0.25) is 0 Å². The van der Waals surface area contributed by atoms with Crippen molar-refractivity contribution in [2.75, 3.05) is 24.5 Å². The van der Waals surface area contributed by atoms with Crippen molar-refractivity contribution in [3.05, 3.63) is 28.8 Å². The minimum atomic E-state index is -0.443. The van der Waals surface area contributed by atoms with Crippen molar-refractivity contribution < 1.29 is 9.53 Å². The molecule has 27 heavy (non-hydrogen) atoms. The molecule has 4 heteroatoms. The lowest BCUT2D eigenvalue weighted by atomic mass is 9.84. The monoisotopic (exact) mass is 372 g/mol. The Morgan fingerprint density at radius 3 is 2.30 bits per heavy atom. The van der Waals surface area contributed by atoms with E-state index in [9.17, 15) is 4.79 Å². The number of amides is 1. The van der Waals surface area contributed by atoms with E-state index in [1.54, 1.807) is 0 Å². The van der Waals surface area contributed by atoms with Crippen LogP contribution < -0.4 is 4.90 Å². The standard InChI is InChI=1S/C23H36N2O2/c1-7-12-25-20-16-18-10-14-24(21(26)27-22(2,3)4)13-9-17(18)15-19(20)8-11-23(25,5)6/h15-16H,7-14H2,1-6H3. The molecule has 4 nitrogen and oxygen atoms in total. The Morgan fingerprint density at radius 2 is 1.70 bits per heavy atom. The third-order valence-electron chi connectivity index (χ3n) is 5.83. The largest absolute Gasteiger partial charge is 0.444 e. The number of carbonyl (C=O) groups excluding carboxylic acids is 1. The van der Waals surface area contributed by atoms with Crippen LogP contribution in [0, 0.1) is 0 Å². The lowest BCUT2D eigenvalue weighted by molar-refractivity contribution is 0.0258. The van der Waals surface area contributed by atoms with E-state index in [-0.39, 0.29) is 11.6 Å². The summed E-state index contributed by atoms with van der Waals surface area (Å²) in [5.74, 6) is 0. The van der Waals surface area contributed by atoms with Crippen LogP contribution in [-0.2, 0) is 24.0 Å². The van der Waals surface area contributed by atoms with Gasteiger partial charge >= 0.3 is 6.09 Å². The highest BCUT2D eigenvalue weighted by atomic mass is 16.6. The van der Waals surface area contributed by atoms with E-state index in [0.717, 1.165) is 45.3 Å². The minimum absolute atomic E-state index is 0.186. The molecule has 3 rings (SSSR count). The Labute approximate surface area is 164 Å². The highest BCUT2D eigenvalue weighted by Crippen LogP contribution is 2.39. The quantitative estimate of drug-likeness (QED) is 0.735. The summed E-state index contributed by atoms with van der Waals surface area (Å²) in [5.41, 5.74) is 5.48. The van der Waals surface area contributed by atoms with Crippen molar-refractivity contribution in [1.82, 2.24) is 4.90 Å². The molecule has 0 spiro atoms. The molecule has 0 fully saturated rings. The average molecular weight is 373 g/mol. The van der Waals surface area contributed by atoms with Crippen LogP contribution in [0.5, 0.6) is 0 Å². The minimum Gasteiger partial charge on any atom is -0.444 e. The zero-order chi connectivity index (χ0) is 19.8. The second-order valence-corrected chi connectivity index (χ2v) is 9.68. The first kappa shape index (κ1) is 20.0. The molecule has 0 saturated heterocycles. The maximum absolute atomic E-state index is 12.5. The van der Waals surface area contributed by atoms with Gasteiger partial charge in [-0.15, -0.1) is 0 Å². The Balaban J connectivity index is 1.83. The highest BCUT2D eigenvalue weighted by molar-refractivity contribution is 5.68. The normalized spacial score (nSPS) is 19.2. The summed E-state index contributed by atoms with van der Waals surface area (Å²) in [6.45, 7) is 15.3. The van der Waals surface area contributed by atoms with E-state index >= 15 is 0 Å². The molecule has 0 atom stereocenters. The van der Waals surface area contributed by atoms with Gasteiger partial charge < -0.3 is 14.5 Å². The number of hydrogen-bond acceptors (Lipinski definition) is 3. The maximum Gasteiger partial charge on any atom is 0.410 e. The van der Waals surface area contributed by atoms with Gasteiger partial charge in [0.15, 0.2) is 0 Å². The van der Waals surface area contributed by atoms with Crippen molar-refractivity contribution in [3.8, 4) is 0 Å². The molecule has 150 valence electrons. The van der Waals surface area contributed by atoms with Crippen molar-refractivity contribution in [2.45, 2.75) is 84.8 Å². The fraction of sp³-hybridized carbons (Fsp3) is 0.696. The first-order chi connectivity index (χ1) is 12.6. The van der Waals surface area contributed by atoms with Gasteiger partial charge in [0.05, 0.1) is 0 Å². The van der Waals surface area contributed by atoms with E-state index < -0.39 is 5.60 Å². The number of ether oxygens (including phenoxy) is 1. The first-order valence-corrected chi connectivity index (χ1v) is 10.5. The Kier molecular flexibility index (Phi) is 5.47. The predicted molar refractivity (Wildman–Crippen MR) is 112 cm³/mol. The number of anilines is 1. The van der Waals surface area contributed by atoms with Crippen LogP contribution in [0.15, 0.2) is 12.1 Å². The summed E-state index contributed by atoms with van der Waals surface area (Å²) in [5, 5.41) is 0. The van der Waals surface area contributed by atoms with Gasteiger partial charge in [-0.05, 0) is 89.5 Å². The molecule has 0 aliphatic carbocycles. The van der Waals surface area contributed by atoms with E-state index in [1.807, 2.05) is 25.7 Å². The van der Waals surface area contributed by atoms with Crippen LogP contribution >= 0.6 is 0 Å². The second-order valence-electron chi connectivity index (χ2n) is 9.68. The van der Waals surface area contributed by atoms with Gasteiger partial charge in [-0.1, -0.05) is 13.0 Å². The van der Waals surface area contributed by atoms with Crippen LogP contribution in [0.25, 0.3) is 0 Å². The van der Waals surface area contributed by atoms with Crippen LogP contribution in [0.4, 0.5) is 10.5 Å². The molecule has 1 amide bonds. The van der Waals surface area contributed by atoms with Crippen molar-refractivity contribution in [3.63, 3.8) is 0 Å². The molecule has 1 aromatic rings. The molecular formula is C23H36N2O2. The third kappa shape index (κ3) is 4.41. The van der Waals surface area contributed by atoms with Gasteiger partial charge in [0.25, 0.3) is 0 Å². The van der Waals surface area contributed by atoms with Crippen LogP contribution in [0.3, 0.4) is 0 Å². The molecule has 0 radical (unpaired) electrons. The number of carbonyl (C=O) groups is 1. The number of rotatable bonds is 2. The molecule has 2 heterocycles. The molecule has 0 saturated carbocycles. The number of benzene rings is 1. The molecular weight excluding hydrogens is 336 g/mol. The van der Waals surface area contributed by atoms with E-state index in [2.05, 4.69) is 37.8 Å².